The molecule has 0 aliphatic rings. The van der Waals surface area contributed by atoms with Crippen molar-refractivity contribution in [3.8, 4) is 0 Å². The highest BCUT2D eigenvalue weighted by atomic mass is 16.3. The van der Waals surface area contributed by atoms with Crippen LogP contribution < -0.4 is 10.6 Å². The smallest absolute Gasteiger partial charge is 0.314 e. The summed E-state index contributed by atoms with van der Waals surface area (Å²) in [6.45, 7) is 2.96. The van der Waals surface area contributed by atoms with Crippen molar-refractivity contribution >= 4 is 6.03 Å². The van der Waals surface area contributed by atoms with E-state index in [0.717, 1.165) is 6.42 Å². The van der Waals surface area contributed by atoms with Crippen LogP contribution in [0.3, 0.4) is 0 Å². The van der Waals surface area contributed by atoms with Crippen LogP contribution in [-0.2, 0) is 0 Å². The molecule has 4 nitrogen and oxygen atoms in total. The first-order valence-corrected chi connectivity index (χ1v) is 3.43. The van der Waals surface area contributed by atoms with Gasteiger partial charge in [0.2, 0.25) is 0 Å². The fourth-order valence-electron chi connectivity index (χ4n) is 0.470. The van der Waals surface area contributed by atoms with Gasteiger partial charge in [0.25, 0.3) is 0 Å². The van der Waals surface area contributed by atoms with Gasteiger partial charge in [-0.15, -0.1) is 0 Å². The summed E-state index contributed by atoms with van der Waals surface area (Å²) in [6.07, 6.45) is 0.923. The Bertz CT molecular complexity index is 85.7. The van der Waals surface area contributed by atoms with E-state index in [1.807, 2.05) is 6.92 Å². The van der Waals surface area contributed by atoms with Crippen LogP contribution in [0, 0.1) is 0 Å². The van der Waals surface area contributed by atoms with Gasteiger partial charge in [0, 0.05) is 13.1 Å². The molecule has 4 heteroatoms. The number of amides is 2. The molecule has 0 heterocycles. The van der Waals surface area contributed by atoms with Crippen LogP contribution in [-0.4, -0.2) is 30.8 Å². The molecule has 0 unspecified atom stereocenters. The van der Waals surface area contributed by atoms with Crippen LogP contribution >= 0.6 is 0 Å². The molecule has 0 atom stereocenters. The summed E-state index contributed by atoms with van der Waals surface area (Å²) in [5.74, 6) is 0. The summed E-state index contributed by atoms with van der Waals surface area (Å²) in [5.41, 5.74) is 0. The SMILES string of the molecule is CCCNC(=O)NCCO. The second kappa shape index (κ2) is 6.35. The molecule has 0 aliphatic carbocycles. The first-order chi connectivity index (χ1) is 4.81. The van der Waals surface area contributed by atoms with Gasteiger partial charge in [-0.25, -0.2) is 4.79 Å². The third kappa shape index (κ3) is 5.37. The number of carbonyl (C=O) groups excluding carboxylic acids is 1. The Morgan fingerprint density at radius 1 is 1.40 bits per heavy atom. The number of urea groups is 1. The van der Waals surface area contributed by atoms with Gasteiger partial charge >= 0.3 is 6.03 Å². The molecule has 60 valence electrons. The number of carbonyl (C=O) groups is 1. The van der Waals surface area contributed by atoms with E-state index in [1.165, 1.54) is 0 Å². The maximum absolute atomic E-state index is 10.6. The Kier molecular flexibility index (Phi) is 5.86. The number of hydrogen-bond donors (Lipinski definition) is 3. The molecule has 0 bridgehead atoms. The zero-order valence-corrected chi connectivity index (χ0v) is 6.18. The van der Waals surface area contributed by atoms with Gasteiger partial charge in [-0.05, 0) is 6.42 Å². The Balaban J connectivity index is 3.09. The Morgan fingerprint density at radius 3 is 2.50 bits per heavy atom. The second-order valence-corrected chi connectivity index (χ2v) is 1.91. The monoisotopic (exact) mass is 146 g/mol. The van der Waals surface area contributed by atoms with Crippen molar-refractivity contribution in [1.29, 1.82) is 0 Å². The molecule has 0 saturated heterocycles. The highest BCUT2D eigenvalue weighted by Gasteiger charge is 1.94. The molecular weight excluding hydrogens is 132 g/mol. The minimum atomic E-state index is -0.212. The fourth-order valence-corrected chi connectivity index (χ4v) is 0.470. The van der Waals surface area contributed by atoms with Crippen molar-refractivity contribution < 1.29 is 9.90 Å². The maximum atomic E-state index is 10.6. The topological polar surface area (TPSA) is 61.4 Å². The predicted molar refractivity (Wildman–Crippen MR) is 38.8 cm³/mol. The average molecular weight is 146 g/mol. The van der Waals surface area contributed by atoms with Gasteiger partial charge in [0.1, 0.15) is 0 Å². The third-order valence-electron chi connectivity index (χ3n) is 0.933. The molecular formula is C6H14N2O2. The number of nitrogens with one attached hydrogen (secondary N) is 2. The van der Waals surface area contributed by atoms with Gasteiger partial charge in [0.05, 0.1) is 6.61 Å². The van der Waals surface area contributed by atoms with Crippen molar-refractivity contribution in [3.63, 3.8) is 0 Å². The molecule has 0 saturated carbocycles. The average Bonchev–Trinajstić information content (AvgIpc) is 1.97. The molecule has 0 aromatic carbocycles. The Morgan fingerprint density at radius 2 is 2.00 bits per heavy atom. The van der Waals surface area contributed by atoms with Gasteiger partial charge in [0.15, 0.2) is 0 Å². The lowest BCUT2D eigenvalue weighted by atomic mass is 10.5. The van der Waals surface area contributed by atoms with Crippen molar-refractivity contribution in [2.45, 2.75) is 13.3 Å². The normalized spacial score (nSPS) is 9.00. The molecule has 0 aromatic rings. The minimum Gasteiger partial charge on any atom is -0.395 e. The minimum absolute atomic E-state index is 0.0143. The quantitative estimate of drug-likeness (QED) is 0.509. The molecule has 0 rings (SSSR count). The lowest BCUT2D eigenvalue weighted by molar-refractivity contribution is 0.234. The van der Waals surface area contributed by atoms with Crippen molar-refractivity contribution in [3.05, 3.63) is 0 Å². The van der Waals surface area contributed by atoms with E-state index < -0.39 is 0 Å². The lowest BCUT2D eigenvalue weighted by Gasteiger charge is -2.03. The molecule has 0 spiro atoms. The lowest BCUT2D eigenvalue weighted by Crippen LogP contribution is -2.37. The zero-order valence-electron chi connectivity index (χ0n) is 6.18. The number of rotatable bonds is 4. The van der Waals surface area contributed by atoms with Crippen LogP contribution in [0.15, 0.2) is 0 Å². The van der Waals surface area contributed by atoms with Crippen LogP contribution in [0.5, 0.6) is 0 Å². The number of aliphatic hydroxyl groups is 1. The number of hydrogen-bond acceptors (Lipinski definition) is 2. The summed E-state index contributed by atoms with van der Waals surface area (Å²) in [6, 6.07) is -0.212. The second-order valence-electron chi connectivity index (χ2n) is 1.91. The Labute approximate surface area is 60.6 Å². The largest absolute Gasteiger partial charge is 0.395 e. The van der Waals surface area contributed by atoms with E-state index in [2.05, 4.69) is 10.6 Å². The van der Waals surface area contributed by atoms with E-state index in [1.54, 1.807) is 0 Å². The third-order valence-corrected chi connectivity index (χ3v) is 0.933. The number of aliphatic hydroxyl groups excluding tert-OH is 1. The molecule has 3 N–H and O–H groups in total. The zero-order chi connectivity index (χ0) is 7.82. The molecule has 0 aliphatic heterocycles. The van der Waals surface area contributed by atoms with Crippen LogP contribution in [0.1, 0.15) is 13.3 Å². The van der Waals surface area contributed by atoms with Gasteiger partial charge in [-0.2, -0.15) is 0 Å². The first-order valence-electron chi connectivity index (χ1n) is 3.43. The van der Waals surface area contributed by atoms with Crippen molar-refractivity contribution in [2.75, 3.05) is 19.7 Å². The summed E-state index contributed by atoms with van der Waals surface area (Å²) in [5, 5.41) is 13.4. The van der Waals surface area contributed by atoms with Crippen LogP contribution in [0.4, 0.5) is 4.79 Å². The van der Waals surface area contributed by atoms with Crippen molar-refractivity contribution in [2.24, 2.45) is 0 Å². The fraction of sp³-hybridized carbons (Fsp3) is 0.833. The van der Waals surface area contributed by atoms with E-state index in [4.69, 9.17) is 5.11 Å². The van der Waals surface area contributed by atoms with Crippen LogP contribution in [0.2, 0.25) is 0 Å². The van der Waals surface area contributed by atoms with E-state index in [9.17, 15) is 4.79 Å². The molecule has 2 amide bonds. The van der Waals surface area contributed by atoms with Crippen LogP contribution in [0.25, 0.3) is 0 Å². The standard InChI is InChI=1S/C6H14N2O2/c1-2-3-7-6(10)8-4-5-9/h9H,2-5H2,1H3,(H2,7,8,10). The summed E-state index contributed by atoms with van der Waals surface area (Å²) >= 11 is 0. The summed E-state index contributed by atoms with van der Waals surface area (Å²) in [4.78, 5) is 10.6. The highest BCUT2D eigenvalue weighted by Crippen LogP contribution is 1.69. The summed E-state index contributed by atoms with van der Waals surface area (Å²) < 4.78 is 0. The highest BCUT2D eigenvalue weighted by molar-refractivity contribution is 5.73. The van der Waals surface area contributed by atoms with Gasteiger partial charge in [-0.1, -0.05) is 6.92 Å². The molecule has 10 heavy (non-hydrogen) atoms. The Hall–Kier alpha value is -0.770. The molecule has 0 aromatic heterocycles. The van der Waals surface area contributed by atoms with E-state index in [0.29, 0.717) is 13.1 Å². The molecule has 0 fully saturated rings. The van der Waals surface area contributed by atoms with E-state index in [-0.39, 0.29) is 12.6 Å². The van der Waals surface area contributed by atoms with Gasteiger partial charge < -0.3 is 15.7 Å². The van der Waals surface area contributed by atoms with Crippen molar-refractivity contribution in [1.82, 2.24) is 10.6 Å². The molecule has 0 radical (unpaired) electrons. The van der Waals surface area contributed by atoms with Gasteiger partial charge in [-0.3, -0.25) is 0 Å². The first kappa shape index (κ1) is 9.23. The van der Waals surface area contributed by atoms with E-state index >= 15 is 0 Å². The summed E-state index contributed by atoms with van der Waals surface area (Å²) in [7, 11) is 0. The maximum Gasteiger partial charge on any atom is 0.314 e. The predicted octanol–water partition coefficient (Wildman–Crippen LogP) is -0.312.